The molecule has 29 heavy (non-hydrogen) atoms. The zero-order chi connectivity index (χ0) is 21.0. The minimum absolute atomic E-state index is 0.0237. The van der Waals surface area contributed by atoms with Crippen LogP contribution in [0.5, 0.6) is 0 Å². The highest BCUT2D eigenvalue weighted by molar-refractivity contribution is 7.92. The maximum Gasteiger partial charge on any atom is 0.261 e. The Balaban J connectivity index is 1.77. The van der Waals surface area contributed by atoms with Crippen molar-refractivity contribution in [3.8, 4) is 0 Å². The fourth-order valence-corrected chi connectivity index (χ4v) is 3.93. The second kappa shape index (κ2) is 8.82. The molecule has 0 unspecified atom stereocenters. The summed E-state index contributed by atoms with van der Waals surface area (Å²) in [6.07, 6.45) is 0.0237. The molecule has 0 aliphatic rings. The van der Waals surface area contributed by atoms with Crippen LogP contribution in [0.15, 0.2) is 71.6 Å². The molecule has 0 atom stereocenters. The van der Waals surface area contributed by atoms with Gasteiger partial charge in [0, 0.05) is 0 Å². The van der Waals surface area contributed by atoms with E-state index in [1.54, 1.807) is 36.4 Å². The summed E-state index contributed by atoms with van der Waals surface area (Å²) in [5.74, 6) is -0.907. The van der Waals surface area contributed by atoms with Gasteiger partial charge in [0.2, 0.25) is 5.91 Å². The van der Waals surface area contributed by atoms with Crippen LogP contribution in [0, 0.1) is 5.82 Å². The summed E-state index contributed by atoms with van der Waals surface area (Å²) in [4.78, 5) is 12.3. The fraction of sp³-hybridized carbons (Fsp3) is 0.0500. The largest absolute Gasteiger partial charge is 0.324 e. The molecule has 0 aromatic heterocycles. The molecule has 3 rings (SSSR count). The van der Waals surface area contributed by atoms with E-state index in [1.165, 1.54) is 6.07 Å². The molecule has 0 bridgehead atoms. The van der Waals surface area contributed by atoms with Crippen molar-refractivity contribution in [2.24, 2.45) is 0 Å². The van der Waals surface area contributed by atoms with Crippen LogP contribution in [0.3, 0.4) is 0 Å². The first-order chi connectivity index (χ1) is 13.7. The topological polar surface area (TPSA) is 75.3 Å². The molecule has 5 nitrogen and oxygen atoms in total. The van der Waals surface area contributed by atoms with Gasteiger partial charge in [-0.25, -0.2) is 12.8 Å². The highest BCUT2D eigenvalue weighted by Gasteiger charge is 2.17. The van der Waals surface area contributed by atoms with E-state index >= 15 is 0 Å². The Morgan fingerprint density at radius 2 is 1.55 bits per heavy atom. The first kappa shape index (κ1) is 21.1. The predicted molar refractivity (Wildman–Crippen MR) is 112 cm³/mol. The lowest BCUT2D eigenvalue weighted by atomic mass is 10.1. The second-order valence-corrected chi connectivity index (χ2v) is 8.58. The van der Waals surface area contributed by atoms with E-state index in [9.17, 15) is 17.6 Å². The predicted octanol–water partition coefficient (Wildman–Crippen LogP) is 5.11. The monoisotopic (exact) mass is 452 g/mol. The van der Waals surface area contributed by atoms with Crippen LogP contribution in [-0.4, -0.2) is 14.3 Å². The molecule has 0 spiro atoms. The van der Waals surface area contributed by atoms with Crippen molar-refractivity contribution in [3.63, 3.8) is 0 Å². The molecular formula is C20H15Cl2FN2O3S. The molecule has 0 fully saturated rings. The van der Waals surface area contributed by atoms with Crippen LogP contribution >= 0.6 is 23.2 Å². The van der Waals surface area contributed by atoms with Gasteiger partial charge in [-0.1, -0.05) is 41.4 Å². The number of amides is 1. The molecule has 0 radical (unpaired) electrons. The summed E-state index contributed by atoms with van der Waals surface area (Å²) in [7, 11) is -3.96. The molecular weight excluding hydrogens is 438 g/mol. The summed E-state index contributed by atoms with van der Waals surface area (Å²) >= 11 is 11.8. The maximum atomic E-state index is 13.1. The van der Waals surface area contributed by atoms with Crippen LogP contribution in [0.25, 0.3) is 0 Å². The normalized spacial score (nSPS) is 11.1. The Morgan fingerprint density at radius 3 is 2.21 bits per heavy atom. The molecule has 0 saturated carbocycles. The molecule has 3 aromatic rings. The van der Waals surface area contributed by atoms with Gasteiger partial charge in [-0.05, 0) is 54.1 Å². The van der Waals surface area contributed by atoms with Crippen LogP contribution in [0.2, 0.25) is 10.0 Å². The number of carbonyl (C=O) groups is 1. The third-order valence-corrected chi connectivity index (χ3v) is 6.04. The molecule has 0 heterocycles. The first-order valence-corrected chi connectivity index (χ1v) is 10.6. The minimum atomic E-state index is -3.96. The van der Waals surface area contributed by atoms with Crippen molar-refractivity contribution in [3.05, 3.63) is 88.2 Å². The quantitative estimate of drug-likeness (QED) is 0.545. The van der Waals surface area contributed by atoms with Crippen molar-refractivity contribution in [2.75, 3.05) is 10.0 Å². The molecule has 0 aliphatic carbocycles. The number of carbonyl (C=O) groups excluding carboxylic acids is 1. The van der Waals surface area contributed by atoms with E-state index in [-0.39, 0.29) is 28.6 Å². The summed E-state index contributed by atoms with van der Waals surface area (Å²) in [5.41, 5.74) is 1.11. The van der Waals surface area contributed by atoms with Gasteiger partial charge in [-0.2, -0.15) is 0 Å². The van der Waals surface area contributed by atoms with Gasteiger partial charge in [0.25, 0.3) is 10.0 Å². The van der Waals surface area contributed by atoms with Gasteiger partial charge in [0.05, 0.1) is 32.7 Å². The summed E-state index contributed by atoms with van der Waals surface area (Å²) in [6, 6.07) is 15.6. The number of nitrogens with one attached hydrogen (secondary N) is 2. The van der Waals surface area contributed by atoms with Crippen LogP contribution in [0.4, 0.5) is 15.8 Å². The number of sulfonamides is 1. The summed E-state index contributed by atoms with van der Waals surface area (Å²) in [5, 5.41) is 3.40. The second-order valence-electron chi connectivity index (χ2n) is 6.08. The molecule has 9 heteroatoms. The number of para-hydroxylation sites is 2. The molecule has 0 aliphatic heterocycles. The zero-order valence-electron chi connectivity index (χ0n) is 14.8. The van der Waals surface area contributed by atoms with E-state index < -0.39 is 15.8 Å². The highest BCUT2D eigenvalue weighted by atomic mass is 35.5. The van der Waals surface area contributed by atoms with Crippen molar-refractivity contribution in [1.29, 1.82) is 0 Å². The number of hydrogen-bond donors (Lipinski definition) is 2. The molecule has 0 saturated heterocycles. The number of hydrogen-bond acceptors (Lipinski definition) is 3. The van der Waals surface area contributed by atoms with Gasteiger partial charge >= 0.3 is 0 Å². The van der Waals surface area contributed by atoms with Crippen LogP contribution in [0.1, 0.15) is 5.56 Å². The number of anilines is 2. The smallest absolute Gasteiger partial charge is 0.261 e. The lowest BCUT2D eigenvalue weighted by Crippen LogP contribution is -2.18. The number of rotatable bonds is 6. The van der Waals surface area contributed by atoms with Gasteiger partial charge in [0.15, 0.2) is 0 Å². The van der Waals surface area contributed by atoms with E-state index in [4.69, 9.17) is 23.2 Å². The summed E-state index contributed by atoms with van der Waals surface area (Å²) < 4.78 is 40.5. The molecule has 1 amide bonds. The summed E-state index contributed by atoms with van der Waals surface area (Å²) in [6.45, 7) is 0. The Morgan fingerprint density at radius 1 is 0.897 bits per heavy atom. The van der Waals surface area contributed by atoms with Gasteiger partial charge in [-0.3, -0.25) is 9.52 Å². The highest BCUT2D eigenvalue weighted by Crippen LogP contribution is 2.26. The standard InChI is InChI=1S/C20H15Cl2FN2O3S/c21-16-10-5-13(11-17(16)22)12-20(26)24-18-3-1-2-4-19(18)25-29(27,28)15-8-6-14(23)7-9-15/h1-11,25H,12H2,(H,24,26). The van der Waals surface area contributed by atoms with Gasteiger partial charge < -0.3 is 5.32 Å². The average Bonchev–Trinajstić information content (AvgIpc) is 2.66. The van der Waals surface area contributed by atoms with Crippen LogP contribution < -0.4 is 10.0 Å². The van der Waals surface area contributed by atoms with Gasteiger partial charge in [-0.15, -0.1) is 0 Å². The minimum Gasteiger partial charge on any atom is -0.324 e. The Bertz CT molecular complexity index is 1150. The van der Waals surface area contributed by atoms with E-state index in [0.717, 1.165) is 24.3 Å². The van der Waals surface area contributed by atoms with E-state index in [1.807, 2.05) is 0 Å². The third-order valence-electron chi connectivity index (χ3n) is 3.92. The zero-order valence-corrected chi connectivity index (χ0v) is 17.2. The van der Waals surface area contributed by atoms with Crippen molar-refractivity contribution >= 4 is 50.5 Å². The van der Waals surface area contributed by atoms with Crippen molar-refractivity contribution in [2.45, 2.75) is 11.3 Å². The van der Waals surface area contributed by atoms with E-state index in [2.05, 4.69) is 10.0 Å². The molecule has 150 valence electrons. The lowest BCUT2D eigenvalue weighted by Gasteiger charge is -2.14. The van der Waals surface area contributed by atoms with E-state index in [0.29, 0.717) is 15.6 Å². The SMILES string of the molecule is O=C(Cc1ccc(Cl)c(Cl)c1)Nc1ccccc1NS(=O)(=O)c1ccc(F)cc1. The Hall–Kier alpha value is -2.61. The van der Waals surface area contributed by atoms with Gasteiger partial charge in [0.1, 0.15) is 5.82 Å². The molecule has 2 N–H and O–H groups in total. The Labute approximate surface area is 177 Å². The fourth-order valence-electron chi connectivity index (χ4n) is 2.53. The first-order valence-electron chi connectivity index (χ1n) is 8.36. The number of benzene rings is 3. The third kappa shape index (κ3) is 5.47. The average molecular weight is 453 g/mol. The van der Waals surface area contributed by atoms with Crippen LogP contribution in [-0.2, 0) is 21.2 Å². The van der Waals surface area contributed by atoms with Crippen molar-refractivity contribution in [1.82, 2.24) is 0 Å². The van der Waals surface area contributed by atoms with Crippen molar-refractivity contribution < 1.29 is 17.6 Å². The Kier molecular flexibility index (Phi) is 6.42. The molecule has 3 aromatic carbocycles. The maximum absolute atomic E-state index is 13.1. The number of halogens is 3. The lowest BCUT2D eigenvalue weighted by molar-refractivity contribution is -0.115.